The Morgan fingerprint density at radius 3 is 2.07 bits per heavy atom. The highest BCUT2D eigenvalue weighted by atomic mass is 14.9. The van der Waals surface area contributed by atoms with Gasteiger partial charge >= 0.3 is 0 Å². The summed E-state index contributed by atoms with van der Waals surface area (Å²) >= 11 is 0. The van der Waals surface area contributed by atoms with Gasteiger partial charge in [-0.05, 0) is 66.2 Å². The molecule has 1 fully saturated rings. The van der Waals surface area contributed by atoms with Crippen LogP contribution in [0, 0.1) is 19.8 Å². The van der Waals surface area contributed by atoms with Gasteiger partial charge in [-0.1, -0.05) is 66.0 Å². The first-order valence-electron chi connectivity index (χ1n) is 11.1. The summed E-state index contributed by atoms with van der Waals surface area (Å²) in [6.07, 6.45) is 9.39. The van der Waals surface area contributed by atoms with E-state index in [2.05, 4.69) is 90.5 Å². The summed E-state index contributed by atoms with van der Waals surface area (Å²) in [7, 11) is 2.21. The van der Waals surface area contributed by atoms with E-state index in [4.69, 9.17) is 0 Å². The molecule has 1 aromatic carbocycles. The molecule has 0 atom stereocenters. The molecule has 152 valence electrons. The molecule has 0 amide bonds. The van der Waals surface area contributed by atoms with E-state index < -0.39 is 0 Å². The van der Waals surface area contributed by atoms with Crippen LogP contribution in [0.2, 0.25) is 0 Å². The predicted molar refractivity (Wildman–Crippen MR) is 121 cm³/mol. The largest absolute Gasteiger partial charge is 0.212 e. The highest BCUT2D eigenvalue weighted by molar-refractivity contribution is 5.63. The van der Waals surface area contributed by atoms with Gasteiger partial charge in [-0.25, -0.2) is 4.57 Å². The van der Waals surface area contributed by atoms with Crippen LogP contribution in [0.4, 0.5) is 0 Å². The van der Waals surface area contributed by atoms with Crippen LogP contribution in [-0.4, -0.2) is 0 Å². The second-order valence-corrected chi connectivity index (χ2v) is 10.7. The molecule has 1 aromatic heterocycles. The van der Waals surface area contributed by atoms with Crippen molar-refractivity contribution in [2.24, 2.45) is 13.0 Å². The molecule has 28 heavy (non-hydrogen) atoms. The lowest BCUT2D eigenvalue weighted by atomic mass is 9.67. The van der Waals surface area contributed by atoms with E-state index in [1.165, 1.54) is 65.6 Å². The fourth-order valence-corrected chi connectivity index (χ4v) is 5.15. The molecular formula is C27H40N+. The minimum Gasteiger partial charge on any atom is -0.201 e. The molecule has 0 aliphatic heterocycles. The zero-order chi connectivity index (χ0) is 20.7. The smallest absolute Gasteiger partial charge is 0.201 e. The molecule has 0 spiro atoms. The molecule has 0 saturated heterocycles. The Labute approximate surface area is 173 Å². The number of hydrogen-bond donors (Lipinski definition) is 0. The average Bonchev–Trinajstić information content (AvgIpc) is 2.63. The van der Waals surface area contributed by atoms with Crippen molar-refractivity contribution in [3.8, 4) is 11.3 Å². The van der Waals surface area contributed by atoms with Crippen LogP contribution in [0.25, 0.3) is 11.3 Å². The standard InChI is InChI=1S/C27H40N/c1-19-16-22(26(3,4)5)14-15-23(19)25-17-20(2)24(18-28(25)8)27(6,7)21-12-10-9-11-13-21/h14-18,21H,9-13H2,1-8H3/q+1. The van der Waals surface area contributed by atoms with Gasteiger partial charge in [0.1, 0.15) is 7.05 Å². The summed E-state index contributed by atoms with van der Waals surface area (Å²) in [5.41, 5.74) is 8.82. The van der Waals surface area contributed by atoms with E-state index >= 15 is 0 Å². The number of hydrogen-bond acceptors (Lipinski definition) is 0. The van der Waals surface area contributed by atoms with Crippen molar-refractivity contribution >= 4 is 0 Å². The van der Waals surface area contributed by atoms with Crippen LogP contribution in [0.3, 0.4) is 0 Å². The number of nitrogens with zero attached hydrogens (tertiary/aromatic N) is 1. The Morgan fingerprint density at radius 1 is 0.857 bits per heavy atom. The monoisotopic (exact) mass is 378 g/mol. The fourth-order valence-electron chi connectivity index (χ4n) is 5.15. The van der Waals surface area contributed by atoms with Crippen molar-refractivity contribution in [3.63, 3.8) is 0 Å². The maximum absolute atomic E-state index is 2.47. The van der Waals surface area contributed by atoms with Gasteiger partial charge in [-0.3, -0.25) is 0 Å². The minimum atomic E-state index is 0.190. The topological polar surface area (TPSA) is 3.88 Å². The predicted octanol–water partition coefficient (Wildman–Crippen LogP) is 6.95. The van der Waals surface area contributed by atoms with Crippen molar-refractivity contribution in [2.75, 3.05) is 0 Å². The van der Waals surface area contributed by atoms with Gasteiger partial charge in [-0.2, -0.15) is 0 Å². The van der Waals surface area contributed by atoms with Crippen LogP contribution in [0.1, 0.15) is 89.0 Å². The third kappa shape index (κ3) is 4.04. The molecule has 0 bridgehead atoms. The summed E-state index contributed by atoms with van der Waals surface area (Å²) < 4.78 is 2.35. The van der Waals surface area contributed by atoms with Crippen molar-refractivity contribution in [3.05, 3.63) is 52.7 Å². The first-order valence-corrected chi connectivity index (χ1v) is 11.1. The molecule has 2 aromatic rings. The third-order valence-corrected chi connectivity index (χ3v) is 7.17. The molecule has 1 aliphatic rings. The van der Waals surface area contributed by atoms with E-state index in [0.29, 0.717) is 0 Å². The highest BCUT2D eigenvalue weighted by Crippen LogP contribution is 2.42. The van der Waals surface area contributed by atoms with Crippen molar-refractivity contribution < 1.29 is 4.57 Å². The van der Waals surface area contributed by atoms with Gasteiger partial charge in [-0.15, -0.1) is 0 Å². The van der Waals surface area contributed by atoms with E-state index in [0.717, 1.165) is 5.92 Å². The normalized spacial score (nSPS) is 16.4. The molecule has 0 radical (unpaired) electrons. The zero-order valence-corrected chi connectivity index (χ0v) is 19.4. The van der Waals surface area contributed by atoms with E-state index in [9.17, 15) is 0 Å². The Balaban J connectivity index is 2.01. The van der Waals surface area contributed by atoms with Gasteiger partial charge in [0.05, 0.1) is 0 Å². The van der Waals surface area contributed by atoms with Gasteiger partial charge in [0, 0.05) is 17.2 Å². The Morgan fingerprint density at radius 2 is 1.50 bits per heavy atom. The van der Waals surface area contributed by atoms with Crippen LogP contribution in [0.15, 0.2) is 30.5 Å². The number of aryl methyl sites for hydroxylation is 3. The molecule has 1 nitrogen and oxygen atoms in total. The van der Waals surface area contributed by atoms with Crippen molar-refractivity contribution in [2.45, 2.75) is 91.4 Å². The lowest BCUT2D eigenvalue weighted by Crippen LogP contribution is -2.38. The average molecular weight is 379 g/mol. The van der Waals surface area contributed by atoms with Crippen LogP contribution < -0.4 is 4.57 Å². The van der Waals surface area contributed by atoms with E-state index in [-0.39, 0.29) is 10.8 Å². The number of aromatic nitrogens is 1. The summed E-state index contributed by atoms with van der Waals surface area (Å²) in [6, 6.07) is 9.40. The van der Waals surface area contributed by atoms with Crippen molar-refractivity contribution in [1.29, 1.82) is 0 Å². The minimum absolute atomic E-state index is 0.190. The number of benzene rings is 1. The first-order chi connectivity index (χ1) is 13.0. The highest BCUT2D eigenvalue weighted by Gasteiger charge is 2.35. The molecule has 0 N–H and O–H groups in total. The Bertz CT molecular complexity index is 845. The Hall–Kier alpha value is -1.63. The van der Waals surface area contributed by atoms with Crippen LogP contribution in [-0.2, 0) is 17.9 Å². The second-order valence-electron chi connectivity index (χ2n) is 10.7. The zero-order valence-electron chi connectivity index (χ0n) is 19.4. The van der Waals surface area contributed by atoms with Gasteiger partial charge < -0.3 is 0 Å². The summed E-state index contributed by atoms with van der Waals surface area (Å²) in [5.74, 6) is 0.804. The molecular weight excluding hydrogens is 338 g/mol. The van der Waals surface area contributed by atoms with Gasteiger partial charge in [0.25, 0.3) is 0 Å². The lowest BCUT2D eigenvalue weighted by molar-refractivity contribution is -0.661. The van der Waals surface area contributed by atoms with Gasteiger partial charge in [0.2, 0.25) is 5.69 Å². The molecule has 1 heterocycles. The third-order valence-electron chi connectivity index (χ3n) is 7.17. The first kappa shape index (κ1) is 21.1. The number of rotatable bonds is 3. The maximum atomic E-state index is 2.47. The SMILES string of the molecule is Cc1cc(C(C)(C)C)ccc1-c1cc(C)c(C(C)(C)C2CCCCC2)c[n+]1C. The second kappa shape index (κ2) is 7.65. The Kier molecular flexibility index (Phi) is 5.76. The summed E-state index contributed by atoms with van der Waals surface area (Å²) in [6.45, 7) is 16.3. The fraction of sp³-hybridized carbons (Fsp3) is 0.593. The van der Waals surface area contributed by atoms with Crippen molar-refractivity contribution in [1.82, 2.24) is 0 Å². The summed E-state index contributed by atoms with van der Waals surface area (Å²) in [5, 5.41) is 0. The van der Waals surface area contributed by atoms with Gasteiger partial charge in [0.15, 0.2) is 6.20 Å². The van der Waals surface area contributed by atoms with Crippen LogP contribution >= 0.6 is 0 Å². The van der Waals surface area contributed by atoms with Crippen LogP contribution in [0.5, 0.6) is 0 Å². The molecule has 1 aliphatic carbocycles. The van der Waals surface area contributed by atoms with E-state index in [1.807, 2.05) is 0 Å². The number of pyridine rings is 1. The molecule has 1 saturated carbocycles. The molecule has 1 heteroatoms. The van der Waals surface area contributed by atoms with E-state index in [1.54, 1.807) is 0 Å². The summed E-state index contributed by atoms with van der Waals surface area (Å²) in [4.78, 5) is 0. The lowest BCUT2D eigenvalue weighted by Gasteiger charge is -2.37. The maximum Gasteiger partial charge on any atom is 0.212 e. The molecule has 0 unspecified atom stereocenters. The molecule has 3 rings (SSSR count). The quantitative estimate of drug-likeness (QED) is 0.509.